The molecule has 2 amide bonds. The Hall–Kier alpha value is -1.31. The predicted molar refractivity (Wildman–Crippen MR) is 76.4 cm³/mol. The van der Waals surface area contributed by atoms with Gasteiger partial charge in [0.1, 0.15) is 6.54 Å². The van der Waals surface area contributed by atoms with Crippen molar-refractivity contribution in [3.8, 4) is 0 Å². The summed E-state index contributed by atoms with van der Waals surface area (Å²) in [6.45, 7) is 7.58. The van der Waals surface area contributed by atoms with E-state index < -0.39 is 38.7 Å². The Balaban J connectivity index is 4.93. The molecule has 0 aromatic heterocycles. The van der Waals surface area contributed by atoms with Crippen LogP contribution in [0.5, 0.6) is 0 Å². The summed E-state index contributed by atoms with van der Waals surface area (Å²) in [7, 11) is -3.33. The van der Waals surface area contributed by atoms with Crippen LogP contribution in [0.25, 0.3) is 0 Å². The van der Waals surface area contributed by atoms with Gasteiger partial charge in [0, 0.05) is 18.3 Å². The molecular formula is C12H24N2O5S. The van der Waals surface area contributed by atoms with E-state index in [0.29, 0.717) is 0 Å². The molecule has 0 bridgehead atoms. The van der Waals surface area contributed by atoms with E-state index in [1.54, 1.807) is 20.8 Å². The Labute approximate surface area is 120 Å². The number of hydrogen-bond acceptors (Lipinski definition) is 4. The first kappa shape index (κ1) is 18.7. The molecule has 0 heterocycles. The second kappa shape index (κ2) is 5.99. The molecule has 0 saturated heterocycles. The zero-order valence-electron chi connectivity index (χ0n) is 12.8. The normalized spacial score (nSPS) is 12.9. The summed E-state index contributed by atoms with van der Waals surface area (Å²) in [6, 6.07) is -0.600. The van der Waals surface area contributed by atoms with Gasteiger partial charge in [0.25, 0.3) is 0 Å². The zero-order chi connectivity index (χ0) is 16.4. The number of aliphatic carboxylic acids is 1. The number of urea groups is 1. The van der Waals surface area contributed by atoms with E-state index in [1.807, 2.05) is 0 Å². The summed E-state index contributed by atoms with van der Waals surface area (Å²) in [5.41, 5.74) is -0.683. The van der Waals surface area contributed by atoms with Crippen LogP contribution in [-0.2, 0) is 14.6 Å². The molecule has 0 spiro atoms. The summed E-state index contributed by atoms with van der Waals surface area (Å²) in [5.74, 6) is -1.13. The molecule has 0 fully saturated rings. The number of hydrogen-bond donors (Lipinski definition) is 2. The molecule has 0 aliphatic rings. The first-order chi connectivity index (χ1) is 8.68. The van der Waals surface area contributed by atoms with Gasteiger partial charge in [-0.1, -0.05) is 0 Å². The quantitative estimate of drug-likeness (QED) is 0.778. The van der Waals surface area contributed by atoms with E-state index in [9.17, 15) is 18.0 Å². The third kappa shape index (κ3) is 5.36. The molecule has 20 heavy (non-hydrogen) atoms. The van der Waals surface area contributed by atoms with Gasteiger partial charge in [-0.05, 0) is 34.6 Å². The minimum absolute atomic E-state index is 0.0864. The molecule has 0 atom stereocenters. The van der Waals surface area contributed by atoms with Gasteiger partial charge >= 0.3 is 12.0 Å². The van der Waals surface area contributed by atoms with E-state index in [4.69, 9.17) is 5.11 Å². The smallest absolute Gasteiger partial charge is 0.323 e. The fraction of sp³-hybridized carbons (Fsp3) is 0.833. The molecule has 118 valence electrons. The molecule has 2 N–H and O–H groups in total. The zero-order valence-corrected chi connectivity index (χ0v) is 13.7. The lowest BCUT2D eigenvalue weighted by atomic mass is 10.1. The number of amides is 2. The van der Waals surface area contributed by atoms with Gasteiger partial charge in [-0.15, -0.1) is 0 Å². The van der Waals surface area contributed by atoms with Crippen LogP contribution < -0.4 is 5.32 Å². The molecule has 0 unspecified atom stereocenters. The molecule has 0 aliphatic carbocycles. The minimum Gasteiger partial charge on any atom is -0.480 e. The summed E-state index contributed by atoms with van der Waals surface area (Å²) >= 11 is 0. The molecule has 0 saturated carbocycles. The average Bonchev–Trinajstić information content (AvgIpc) is 2.19. The second-order valence-electron chi connectivity index (χ2n) is 6.34. The summed E-state index contributed by atoms with van der Waals surface area (Å²) in [5, 5.41) is 11.3. The lowest BCUT2D eigenvalue weighted by molar-refractivity contribution is -0.138. The molecule has 0 aromatic carbocycles. The van der Waals surface area contributed by atoms with Crippen LogP contribution in [0.2, 0.25) is 0 Å². The van der Waals surface area contributed by atoms with Crippen molar-refractivity contribution >= 4 is 21.8 Å². The highest BCUT2D eigenvalue weighted by Gasteiger charge is 2.33. The highest BCUT2D eigenvalue weighted by molar-refractivity contribution is 7.92. The lowest BCUT2D eigenvalue weighted by Crippen LogP contribution is -2.55. The van der Waals surface area contributed by atoms with Gasteiger partial charge in [-0.2, -0.15) is 0 Å². The molecule has 7 nitrogen and oxygen atoms in total. The highest BCUT2D eigenvalue weighted by Crippen LogP contribution is 2.16. The third-order valence-corrected chi connectivity index (χ3v) is 5.17. The predicted octanol–water partition coefficient (Wildman–Crippen LogP) is 0.704. The molecule has 0 radical (unpaired) electrons. The average molecular weight is 308 g/mol. The SMILES string of the molecule is CC(C)(C)N(CC(=O)O)C(=O)NCC(C)(C)S(C)(=O)=O. The van der Waals surface area contributed by atoms with Crippen molar-refractivity contribution in [2.24, 2.45) is 0 Å². The van der Waals surface area contributed by atoms with E-state index in [0.717, 1.165) is 11.2 Å². The summed E-state index contributed by atoms with van der Waals surface area (Å²) in [4.78, 5) is 24.0. The molecule has 0 rings (SSSR count). The van der Waals surface area contributed by atoms with Crippen LogP contribution in [0.1, 0.15) is 34.6 Å². The van der Waals surface area contributed by atoms with Gasteiger partial charge in [0.15, 0.2) is 9.84 Å². The molecular weight excluding hydrogens is 284 g/mol. The molecule has 0 aliphatic heterocycles. The van der Waals surface area contributed by atoms with Crippen LogP contribution in [-0.4, -0.2) is 60.1 Å². The van der Waals surface area contributed by atoms with Crippen molar-refractivity contribution in [2.45, 2.75) is 44.9 Å². The lowest BCUT2D eigenvalue weighted by Gasteiger charge is -2.35. The van der Waals surface area contributed by atoms with Gasteiger partial charge in [0.05, 0.1) is 4.75 Å². The Morgan fingerprint density at radius 2 is 1.60 bits per heavy atom. The van der Waals surface area contributed by atoms with Crippen molar-refractivity contribution in [1.29, 1.82) is 0 Å². The van der Waals surface area contributed by atoms with Crippen LogP contribution >= 0.6 is 0 Å². The number of carboxylic acids is 1. The van der Waals surface area contributed by atoms with Crippen molar-refractivity contribution in [1.82, 2.24) is 10.2 Å². The van der Waals surface area contributed by atoms with E-state index in [-0.39, 0.29) is 6.54 Å². The fourth-order valence-electron chi connectivity index (χ4n) is 1.26. The van der Waals surface area contributed by atoms with Crippen molar-refractivity contribution in [3.63, 3.8) is 0 Å². The van der Waals surface area contributed by atoms with E-state index in [2.05, 4.69) is 5.32 Å². The van der Waals surface area contributed by atoms with E-state index in [1.165, 1.54) is 13.8 Å². The summed E-state index contributed by atoms with van der Waals surface area (Å²) < 4.78 is 22.0. The number of carboxylic acid groups (broad SMARTS) is 1. The number of rotatable bonds is 5. The highest BCUT2D eigenvalue weighted by atomic mass is 32.2. The van der Waals surface area contributed by atoms with Gasteiger partial charge in [-0.25, -0.2) is 13.2 Å². The third-order valence-electron chi connectivity index (χ3n) is 3.02. The monoisotopic (exact) mass is 308 g/mol. The maximum Gasteiger partial charge on any atom is 0.323 e. The second-order valence-corrected chi connectivity index (χ2v) is 8.99. The first-order valence-corrected chi connectivity index (χ1v) is 8.04. The number of carbonyl (C=O) groups excluding carboxylic acids is 1. The van der Waals surface area contributed by atoms with E-state index >= 15 is 0 Å². The summed E-state index contributed by atoms with van der Waals surface area (Å²) in [6.07, 6.45) is 1.10. The van der Waals surface area contributed by atoms with Gasteiger partial charge in [0.2, 0.25) is 0 Å². The fourth-order valence-corrected chi connectivity index (χ4v) is 1.60. The Kier molecular flexibility index (Phi) is 5.59. The standard InChI is InChI=1S/C12H24N2O5S/c1-11(2,3)14(7-9(15)16)10(17)13-8-12(4,5)20(6,18)19/h7-8H2,1-6H3,(H,13,17)(H,15,16). The van der Waals surface area contributed by atoms with Crippen molar-refractivity contribution in [3.05, 3.63) is 0 Å². The Morgan fingerprint density at radius 1 is 1.15 bits per heavy atom. The molecule has 8 heteroatoms. The number of carbonyl (C=O) groups is 2. The first-order valence-electron chi connectivity index (χ1n) is 6.15. The topological polar surface area (TPSA) is 104 Å². The van der Waals surface area contributed by atoms with Crippen LogP contribution in [0.15, 0.2) is 0 Å². The maximum absolute atomic E-state index is 12.1. The minimum atomic E-state index is -3.33. The maximum atomic E-state index is 12.1. The van der Waals surface area contributed by atoms with Gasteiger partial charge < -0.3 is 15.3 Å². The van der Waals surface area contributed by atoms with Crippen molar-refractivity contribution < 1.29 is 23.1 Å². The Bertz CT molecular complexity index is 477. The number of sulfone groups is 1. The van der Waals surface area contributed by atoms with Gasteiger partial charge in [-0.3, -0.25) is 4.79 Å². The van der Waals surface area contributed by atoms with Crippen LogP contribution in [0.4, 0.5) is 4.79 Å². The van der Waals surface area contributed by atoms with Crippen LogP contribution in [0.3, 0.4) is 0 Å². The van der Waals surface area contributed by atoms with Crippen molar-refractivity contribution in [2.75, 3.05) is 19.3 Å². The largest absolute Gasteiger partial charge is 0.480 e. The number of nitrogens with one attached hydrogen (secondary N) is 1. The molecule has 0 aromatic rings. The van der Waals surface area contributed by atoms with Crippen LogP contribution in [0, 0.1) is 0 Å². The number of nitrogens with zero attached hydrogens (tertiary/aromatic N) is 1. The Morgan fingerprint density at radius 3 is 1.90 bits per heavy atom.